The van der Waals surface area contributed by atoms with E-state index in [2.05, 4.69) is 20.7 Å². The van der Waals surface area contributed by atoms with Crippen LogP contribution in [0.15, 0.2) is 47.5 Å². The zero-order valence-electron chi connectivity index (χ0n) is 20.8. The van der Waals surface area contributed by atoms with Crippen molar-refractivity contribution in [3.63, 3.8) is 0 Å². The number of nitrogens with one attached hydrogen (secondary N) is 2. The van der Waals surface area contributed by atoms with Gasteiger partial charge in [0.2, 0.25) is 5.96 Å². The highest BCUT2D eigenvalue weighted by atomic mass is 19.1. The molecule has 0 bridgehead atoms. The van der Waals surface area contributed by atoms with Crippen molar-refractivity contribution in [3.8, 4) is 11.5 Å². The molecule has 0 spiro atoms. The van der Waals surface area contributed by atoms with Crippen LogP contribution in [0.2, 0.25) is 0 Å². The van der Waals surface area contributed by atoms with Crippen molar-refractivity contribution in [1.82, 2.24) is 15.1 Å². The van der Waals surface area contributed by atoms with Gasteiger partial charge in [-0.25, -0.2) is 4.39 Å². The first-order valence-electron chi connectivity index (χ1n) is 11.6. The molecule has 35 heavy (non-hydrogen) atoms. The fourth-order valence-corrected chi connectivity index (χ4v) is 3.61. The number of carbonyl (C=O) groups excluding carboxylic acids is 1. The second-order valence-corrected chi connectivity index (χ2v) is 7.87. The summed E-state index contributed by atoms with van der Waals surface area (Å²) in [5, 5.41) is 10.3. The summed E-state index contributed by atoms with van der Waals surface area (Å²) in [7, 11) is 1.91. The molecule has 1 aromatic heterocycles. The first kappa shape index (κ1) is 25.7. The minimum Gasteiger partial charge on any atom is -0.490 e. The number of aliphatic imine (C=N–C) groups is 1. The van der Waals surface area contributed by atoms with Gasteiger partial charge < -0.3 is 14.8 Å². The molecular formula is C26H32FN5O3. The molecule has 2 aromatic carbocycles. The minimum atomic E-state index is -0.365. The van der Waals surface area contributed by atoms with Crippen LogP contribution in [0.1, 0.15) is 41.2 Å². The van der Waals surface area contributed by atoms with Crippen molar-refractivity contribution in [2.45, 2.75) is 34.1 Å². The second kappa shape index (κ2) is 12.0. The van der Waals surface area contributed by atoms with Crippen molar-refractivity contribution < 1.29 is 18.7 Å². The minimum absolute atomic E-state index is 0.257. The summed E-state index contributed by atoms with van der Waals surface area (Å²) in [6.07, 6.45) is 0.660. The molecule has 0 radical (unpaired) electrons. The van der Waals surface area contributed by atoms with Crippen LogP contribution in [0.25, 0.3) is 0 Å². The highest BCUT2D eigenvalue weighted by Gasteiger charge is 2.14. The third-order valence-electron chi connectivity index (χ3n) is 5.44. The van der Waals surface area contributed by atoms with E-state index >= 15 is 0 Å². The van der Waals surface area contributed by atoms with Crippen LogP contribution in [-0.2, 0) is 13.5 Å². The number of ether oxygens (including phenoxy) is 2. The number of anilines is 1. The summed E-state index contributed by atoms with van der Waals surface area (Å²) in [6.45, 7) is 9.08. The van der Waals surface area contributed by atoms with Gasteiger partial charge in [-0.2, -0.15) is 5.10 Å². The Morgan fingerprint density at radius 3 is 2.37 bits per heavy atom. The lowest BCUT2D eigenvalue weighted by Crippen LogP contribution is -2.36. The van der Waals surface area contributed by atoms with Gasteiger partial charge in [-0.1, -0.05) is 0 Å². The van der Waals surface area contributed by atoms with Crippen LogP contribution in [0.4, 0.5) is 10.1 Å². The molecule has 0 fully saturated rings. The highest BCUT2D eigenvalue weighted by molar-refractivity contribution is 6.10. The van der Waals surface area contributed by atoms with E-state index in [0.29, 0.717) is 48.9 Å². The van der Waals surface area contributed by atoms with Crippen molar-refractivity contribution in [1.29, 1.82) is 0 Å². The van der Waals surface area contributed by atoms with Gasteiger partial charge in [0.25, 0.3) is 5.91 Å². The lowest BCUT2D eigenvalue weighted by molar-refractivity contribution is 0.0976. The summed E-state index contributed by atoms with van der Waals surface area (Å²) in [4.78, 5) is 17.7. The molecule has 0 saturated heterocycles. The third kappa shape index (κ3) is 6.81. The molecule has 0 atom stereocenters. The zero-order chi connectivity index (χ0) is 25.4. The van der Waals surface area contributed by atoms with E-state index in [-0.39, 0.29) is 17.7 Å². The number of guanidine groups is 1. The summed E-state index contributed by atoms with van der Waals surface area (Å²) in [5.74, 6) is 0.614. The molecule has 2 N–H and O–H groups in total. The number of aryl methyl sites for hydroxylation is 2. The van der Waals surface area contributed by atoms with Gasteiger partial charge in [0, 0.05) is 30.5 Å². The van der Waals surface area contributed by atoms with Crippen LogP contribution in [0.3, 0.4) is 0 Å². The predicted molar refractivity (Wildman–Crippen MR) is 135 cm³/mol. The Labute approximate surface area is 205 Å². The van der Waals surface area contributed by atoms with Gasteiger partial charge in [0.05, 0.1) is 18.9 Å². The van der Waals surface area contributed by atoms with Crippen LogP contribution in [-0.4, -0.2) is 41.4 Å². The number of aromatic nitrogens is 2. The number of hydrogen-bond donors (Lipinski definition) is 2. The van der Waals surface area contributed by atoms with Gasteiger partial charge in [-0.3, -0.25) is 19.8 Å². The Balaban J connectivity index is 1.81. The Kier molecular flexibility index (Phi) is 8.83. The van der Waals surface area contributed by atoms with Crippen LogP contribution in [0.5, 0.6) is 11.5 Å². The Morgan fingerprint density at radius 2 is 1.74 bits per heavy atom. The molecule has 0 saturated carbocycles. The van der Waals surface area contributed by atoms with Crippen LogP contribution in [0, 0.1) is 19.7 Å². The number of benzene rings is 2. The molecule has 0 aliphatic heterocycles. The van der Waals surface area contributed by atoms with E-state index in [1.165, 1.54) is 12.1 Å². The van der Waals surface area contributed by atoms with Crippen molar-refractivity contribution in [2.75, 3.05) is 25.1 Å². The molecule has 1 amide bonds. The molecule has 0 aliphatic carbocycles. The Hall–Kier alpha value is -3.88. The summed E-state index contributed by atoms with van der Waals surface area (Å²) >= 11 is 0. The number of halogens is 1. The van der Waals surface area contributed by atoms with E-state index < -0.39 is 0 Å². The fourth-order valence-electron chi connectivity index (χ4n) is 3.61. The zero-order valence-corrected chi connectivity index (χ0v) is 20.8. The normalized spacial score (nSPS) is 11.3. The van der Waals surface area contributed by atoms with Crippen LogP contribution >= 0.6 is 0 Å². The summed E-state index contributed by atoms with van der Waals surface area (Å²) in [6, 6.07) is 10.9. The van der Waals surface area contributed by atoms with Gasteiger partial charge in [0.1, 0.15) is 5.82 Å². The van der Waals surface area contributed by atoms with E-state index in [9.17, 15) is 9.18 Å². The summed E-state index contributed by atoms with van der Waals surface area (Å²) in [5.41, 5.74) is 4.14. The number of amides is 1. The molecule has 1 heterocycles. The van der Waals surface area contributed by atoms with E-state index in [0.717, 1.165) is 17.0 Å². The number of hydrogen-bond acceptors (Lipinski definition) is 5. The largest absolute Gasteiger partial charge is 0.490 e. The lowest BCUT2D eigenvalue weighted by Gasteiger charge is -2.14. The molecule has 0 aliphatic rings. The van der Waals surface area contributed by atoms with Gasteiger partial charge in [0.15, 0.2) is 11.5 Å². The molecule has 9 heteroatoms. The predicted octanol–water partition coefficient (Wildman–Crippen LogP) is 4.41. The fraction of sp³-hybridized carbons (Fsp3) is 0.346. The smallest absolute Gasteiger partial charge is 0.258 e. The Morgan fingerprint density at radius 1 is 1.06 bits per heavy atom. The van der Waals surface area contributed by atoms with Gasteiger partial charge in [-0.05, 0) is 82.1 Å². The van der Waals surface area contributed by atoms with E-state index in [1.54, 1.807) is 30.3 Å². The average molecular weight is 482 g/mol. The van der Waals surface area contributed by atoms with Crippen LogP contribution < -0.4 is 20.1 Å². The maximum atomic E-state index is 13.4. The van der Waals surface area contributed by atoms with Crippen molar-refractivity contribution in [2.24, 2.45) is 12.0 Å². The number of carbonyl (C=O) groups is 1. The molecule has 8 nitrogen and oxygen atoms in total. The first-order chi connectivity index (χ1) is 16.8. The van der Waals surface area contributed by atoms with Gasteiger partial charge in [-0.15, -0.1) is 0 Å². The first-order valence-corrected chi connectivity index (χ1v) is 11.6. The van der Waals surface area contributed by atoms with Gasteiger partial charge >= 0.3 is 0 Å². The lowest BCUT2D eigenvalue weighted by atomic mass is 10.1. The standard InChI is InChI=1S/C26H32FN5O3/c1-6-34-23-13-8-19(16-24(23)35-7-2)25(33)30-26(29-21-11-9-20(27)10-12-21)28-15-14-22-17(3)31-32(5)18(22)4/h8-13,16H,6-7,14-15H2,1-5H3,(H2,28,29,30,33). The maximum absolute atomic E-state index is 13.4. The Bertz CT molecular complexity index is 1190. The number of nitrogens with zero attached hydrogens (tertiary/aromatic N) is 3. The van der Waals surface area contributed by atoms with Crippen molar-refractivity contribution in [3.05, 3.63) is 70.8 Å². The average Bonchev–Trinajstić information content (AvgIpc) is 3.07. The number of rotatable bonds is 9. The highest BCUT2D eigenvalue weighted by Crippen LogP contribution is 2.28. The SMILES string of the molecule is CCOc1ccc(C(=O)NC(=NCCc2c(C)nn(C)c2C)Nc2ccc(F)cc2)cc1OCC. The molecule has 3 rings (SSSR count). The monoisotopic (exact) mass is 481 g/mol. The molecule has 3 aromatic rings. The second-order valence-electron chi connectivity index (χ2n) is 7.87. The van der Waals surface area contributed by atoms with Crippen molar-refractivity contribution >= 4 is 17.6 Å². The van der Waals surface area contributed by atoms with E-state index in [4.69, 9.17) is 9.47 Å². The summed E-state index contributed by atoms with van der Waals surface area (Å²) < 4.78 is 26.4. The van der Waals surface area contributed by atoms with E-state index in [1.807, 2.05) is 39.4 Å². The molecule has 0 unspecified atom stereocenters. The molecular weight excluding hydrogens is 449 g/mol. The maximum Gasteiger partial charge on any atom is 0.258 e. The topological polar surface area (TPSA) is 89.8 Å². The third-order valence-corrected chi connectivity index (χ3v) is 5.44. The quantitative estimate of drug-likeness (QED) is 0.349. The molecule has 186 valence electrons.